The Hall–Kier alpha value is -3.47. The van der Waals surface area contributed by atoms with Crippen LogP contribution >= 0.6 is 0 Å². The van der Waals surface area contributed by atoms with E-state index in [2.05, 4.69) is 53.5 Å². The summed E-state index contributed by atoms with van der Waals surface area (Å²) in [6.45, 7) is 2.29. The maximum atomic E-state index is 13.4. The van der Waals surface area contributed by atoms with Crippen LogP contribution in [0.2, 0.25) is 0 Å². The van der Waals surface area contributed by atoms with Gasteiger partial charge >= 0.3 is 6.09 Å². The summed E-state index contributed by atoms with van der Waals surface area (Å²) in [6.07, 6.45) is 7.53. The molecule has 1 amide bonds. The lowest BCUT2D eigenvalue weighted by Gasteiger charge is -2.47. The molecule has 2 fully saturated rings. The van der Waals surface area contributed by atoms with Crippen molar-refractivity contribution in [2.75, 3.05) is 6.61 Å². The Morgan fingerprint density at radius 1 is 0.943 bits per heavy atom. The second-order valence-corrected chi connectivity index (χ2v) is 10.2. The Balaban J connectivity index is 1.17. The Morgan fingerprint density at radius 3 is 2.20 bits per heavy atom. The molecule has 2 unspecified atom stereocenters. The van der Waals surface area contributed by atoms with Gasteiger partial charge in [-0.15, -0.1) is 0 Å². The number of amides is 1. The maximum Gasteiger partial charge on any atom is 0.410 e. The Labute approximate surface area is 206 Å². The number of benzene rings is 2. The van der Waals surface area contributed by atoms with E-state index in [-0.39, 0.29) is 35.8 Å². The summed E-state index contributed by atoms with van der Waals surface area (Å²) in [7, 11) is 0. The quantitative estimate of drug-likeness (QED) is 0.433. The zero-order valence-corrected chi connectivity index (χ0v) is 20.0. The molecule has 0 radical (unpaired) electrons. The molecule has 0 spiro atoms. The topological polar surface area (TPSA) is 59.5 Å². The third-order valence-corrected chi connectivity index (χ3v) is 8.20. The van der Waals surface area contributed by atoms with E-state index >= 15 is 0 Å². The van der Waals surface area contributed by atoms with Crippen LogP contribution in [-0.2, 0) is 4.74 Å². The van der Waals surface area contributed by atoms with Gasteiger partial charge in [0.25, 0.3) is 0 Å². The highest BCUT2D eigenvalue weighted by atomic mass is 16.6. The molecular weight excluding hydrogens is 436 g/mol. The smallest absolute Gasteiger partial charge is 0.410 e. The molecule has 5 heteroatoms. The minimum Gasteiger partial charge on any atom is -0.448 e. The van der Waals surface area contributed by atoms with E-state index in [9.17, 15) is 9.59 Å². The van der Waals surface area contributed by atoms with Crippen LogP contribution in [-0.4, -0.2) is 40.5 Å². The van der Waals surface area contributed by atoms with Crippen LogP contribution in [0.4, 0.5) is 4.79 Å². The van der Waals surface area contributed by atoms with Gasteiger partial charge in [-0.25, -0.2) is 4.79 Å². The van der Waals surface area contributed by atoms with Crippen LogP contribution in [0, 0.1) is 12.8 Å². The van der Waals surface area contributed by atoms with Crippen molar-refractivity contribution in [3.05, 3.63) is 89.2 Å². The number of aryl methyl sites for hydroxylation is 1. The standard InChI is InChI=1S/C30H30N2O3/c1-19-13-14-31-17-27(19)29(33)20-15-21-7-6-8-22(16-20)32(21)30(34)35-18-28-25-11-4-2-9-23(25)24-10-3-5-12-26(24)28/h2-5,9-14,17,20-22,28H,6-8,15-16,18H2,1H3. The number of hydrogen-bond donors (Lipinski definition) is 0. The number of pyridine rings is 1. The van der Waals surface area contributed by atoms with Crippen LogP contribution in [0.25, 0.3) is 11.1 Å². The van der Waals surface area contributed by atoms with Gasteiger partial charge in [-0.1, -0.05) is 48.5 Å². The summed E-state index contributed by atoms with van der Waals surface area (Å²) in [6, 6.07) is 18.8. The van der Waals surface area contributed by atoms with Crippen LogP contribution in [0.1, 0.15) is 65.1 Å². The maximum absolute atomic E-state index is 13.4. The number of Topliss-reactive ketones (excluding diaryl/α,β-unsaturated/α-hetero) is 1. The van der Waals surface area contributed by atoms with E-state index < -0.39 is 0 Å². The molecule has 2 atom stereocenters. The first-order chi connectivity index (χ1) is 17.1. The number of nitrogens with zero attached hydrogens (tertiary/aromatic N) is 2. The highest BCUT2D eigenvalue weighted by molar-refractivity contribution is 5.99. The van der Waals surface area contributed by atoms with E-state index in [4.69, 9.17) is 4.74 Å². The zero-order valence-electron chi connectivity index (χ0n) is 20.0. The number of carbonyl (C=O) groups excluding carboxylic acids is 2. The molecule has 3 heterocycles. The summed E-state index contributed by atoms with van der Waals surface area (Å²) < 4.78 is 6.01. The first kappa shape index (κ1) is 22.0. The summed E-state index contributed by atoms with van der Waals surface area (Å²) in [5, 5.41) is 0. The molecule has 3 aliphatic rings. The third kappa shape index (κ3) is 3.83. The van der Waals surface area contributed by atoms with Gasteiger partial charge in [-0.05, 0) is 72.9 Å². The van der Waals surface area contributed by atoms with E-state index in [0.717, 1.165) is 24.8 Å². The lowest BCUT2D eigenvalue weighted by Crippen LogP contribution is -2.56. The predicted molar refractivity (Wildman–Crippen MR) is 134 cm³/mol. The Kier molecular flexibility index (Phi) is 5.63. The van der Waals surface area contributed by atoms with Crippen molar-refractivity contribution in [3.63, 3.8) is 0 Å². The highest BCUT2D eigenvalue weighted by Crippen LogP contribution is 2.45. The van der Waals surface area contributed by atoms with E-state index in [1.165, 1.54) is 22.3 Å². The van der Waals surface area contributed by atoms with Crippen LogP contribution in [0.5, 0.6) is 0 Å². The molecule has 3 aromatic rings. The van der Waals surface area contributed by atoms with Gasteiger partial charge in [-0.2, -0.15) is 0 Å². The molecule has 0 saturated carbocycles. The zero-order chi connectivity index (χ0) is 23.9. The number of hydrogen-bond acceptors (Lipinski definition) is 4. The third-order valence-electron chi connectivity index (χ3n) is 8.20. The van der Waals surface area contributed by atoms with E-state index in [1.54, 1.807) is 12.4 Å². The average Bonchev–Trinajstić information content (AvgIpc) is 3.20. The summed E-state index contributed by atoms with van der Waals surface area (Å²) in [5.41, 5.74) is 6.58. The van der Waals surface area contributed by atoms with Gasteiger partial charge in [0.2, 0.25) is 0 Å². The average molecular weight is 467 g/mol. The van der Waals surface area contributed by atoms with E-state index in [1.807, 2.05) is 17.9 Å². The molecule has 178 valence electrons. The van der Waals surface area contributed by atoms with Crippen molar-refractivity contribution in [1.29, 1.82) is 0 Å². The van der Waals surface area contributed by atoms with Crippen molar-refractivity contribution < 1.29 is 14.3 Å². The number of rotatable bonds is 4. The summed E-state index contributed by atoms with van der Waals surface area (Å²) in [5.74, 6) is 0.157. The molecule has 2 saturated heterocycles. The Bertz CT molecular complexity index is 1230. The highest BCUT2D eigenvalue weighted by Gasteiger charge is 2.44. The van der Waals surface area contributed by atoms with Crippen molar-refractivity contribution in [1.82, 2.24) is 9.88 Å². The number of piperidine rings is 2. The lowest BCUT2D eigenvalue weighted by atomic mass is 9.75. The fraction of sp³-hybridized carbons (Fsp3) is 0.367. The van der Waals surface area contributed by atoms with Gasteiger partial charge < -0.3 is 9.64 Å². The van der Waals surface area contributed by atoms with Gasteiger partial charge in [0, 0.05) is 41.9 Å². The van der Waals surface area contributed by atoms with Gasteiger partial charge in [-0.3, -0.25) is 9.78 Å². The molecule has 2 aliphatic heterocycles. The SMILES string of the molecule is Cc1ccncc1C(=O)C1CC2CCCC(C1)N2C(=O)OCC1c2ccccc2-c2ccccc21. The van der Waals surface area contributed by atoms with Crippen molar-refractivity contribution in [2.45, 2.75) is 57.0 Å². The number of aromatic nitrogens is 1. The van der Waals surface area contributed by atoms with Gasteiger partial charge in [0.15, 0.2) is 5.78 Å². The summed E-state index contributed by atoms with van der Waals surface area (Å²) >= 11 is 0. The molecule has 1 aromatic heterocycles. The van der Waals surface area contributed by atoms with Crippen LogP contribution in [0.3, 0.4) is 0 Å². The minimum atomic E-state index is -0.231. The fourth-order valence-corrected chi connectivity index (χ4v) is 6.50. The first-order valence-corrected chi connectivity index (χ1v) is 12.7. The second-order valence-electron chi connectivity index (χ2n) is 10.2. The normalized spacial score (nSPS) is 22.9. The predicted octanol–water partition coefficient (Wildman–Crippen LogP) is 6.15. The van der Waals surface area contributed by atoms with Crippen molar-refractivity contribution >= 4 is 11.9 Å². The van der Waals surface area contributed by atoms with Crippen LogP contribution < -0.4 is 0 Å². The van der Waals surface area contributed by atoms with Crippen molar-refractivity contribution in [2.24, 2.45) is 5.92 Å². The lowest BCUT2D eigenvalue weighted by molar-refractivity contribution is 0.00648. The monoisotopic (exact) mass is 466 g/mol. The van der Waals surface area contributed by atoms with E-state index in [0.29, 0.717) is 25.0 Å². The molecule has 5 nitrogen and oxygen atoms in total. The van der Waals surface area contributed by atoms with Gasteiger partial charge in [0.05, 0.1) is 0 Å². The Morgan fingerprint density at radius 2 is 1.57 bits per heavy atom. The molecule has 6 rings (SSSR count). The minimum absolute atomic E-state index is 0.0545. The molecule has 2 bridgehead atoms. The number of ether oxygens (including phenoxy) is 1. The molecule has 1 aliphatic carbocycles. The van der Waals surface area contributed by atoms with Gasteiger partial charge in [0.1, 0.15) is 6.61 Å². The second kappa shape index (κ2) is 8.95. The molecular formula is C30H30N2O3. The molecule has 0 N–H and O–H groups in total. The van der Waals surface area contributed by atoms with Crippen molar-refractivity contribution in [3.8, 4) is 11.1 Å². The molecule has 2 aromatic carbocycles. The molecule has 35 heavy (non-hydrogen) atoms. The first-order valence-electron chi connectivity index (χ1n) is 12.7. The van der Waals surface area contributed by atoms with Crippen LogP contribution in [0.15, 0.2) is 67.0 Å². The largest absolute Gasteiger partial charge is 0.448 e. The number of carbonyl (C=O) groups is 2. The number of ketones is 1. The number of fused-ring (bicyclic) bond motifs is 5. The fourth-order valence-electron chi connectivity index (χ4n) is 6.50. The summed E-state index contributed by atoms with van der Waals surface area (Å²) in [4.78, 5) is 32.8.